The average molecular weight is 133 g/mol. The van der Waals surface area contributed by atoms with Crippen LogP contribution in [0, 0.1) is 6.54 Å². The summed E-state index contributed by atoms with van der Waals surface area (Å²) in [6.07, 6.45) is 0. The normalized spacial score (nSPS) is 27.1. The molecule has 0 spiro atoms. The Bertz CT molecular complexity index is 143. The van der Waals surface area contributed by atoms with E-state index in [1.165, 1.54) is 10.1 Å². The Hall–Kier alpha value is -0.350. The van der Waals surface area contributed by atoms with Gasteiger partial charge in [-0.05, 0) is 0 Å². The molecular formula is C4H7NO2S. The summed E-state index contributed by atoms with van der Waals surface area (Å²) in [5, 5.41) is 8.41. The van der Waals surface area contributed by atoms with E-state index in [0.717, 1.165) is 0 Å². The Morgan fingerprint density at radius 3 is 3.00 bits per heavy atom. The third-order valence-electron chi connectivity index (χ3n) is 0.890. The minimum atomic E-state index is -0.867. The number of nitrogens with zero attached hydrogens (tertiary/aromatic N) is 1. The van der Waals surface area contributed by atoms with Crippen molar-refractivity contribution >= 4 is 16.3 Å². The van der Waals surface area contributed by atoms with Crippen molar-refractivity contribution in [2.75, 3.05) is 12.5 Å². The second-order valence-corrected chi connectivity index (χ2v) is 2.80. The molecule has 0 aliphatic carbocycles. The van der Waals surface area contributed by atoms with E-state index >= 15 is 0 Å². The van der Waals surface area contributed by atoms with E-state index in [2.05, 4.69) is 0 Å². The first-order valence-electron chi connectivity index (χ1n) is 2.25. The molecule has 1 heterocycles. The summed E-state index contributed by atoms with van der Waals surface area (Å²) < 4.78 is 12.0. The Labute approximate surface area is 50.1 Å². The monoisotopic (exact) mass is 133 g/mol. The highest BCUT2D eigenvalue weighted by Gasteiger charge is 2.04. The van der Waals surface area contributed by atoms with Gasteiger partial charge in [0.05, 0.1) is 5.55 Å². The van der Waals surface area contributed by atoms with Crippen LogP contribution in [0.1, 0.15) is 0 Å². The Morgan fingerprint density at radius 2 is 2.75 bits per heavy atom. The second kappa shape index (κ2) is 2.28. The summed E-state index contributed by atoms with van der Waals surface area (Å²) in [6, 6.07) is 0. The second-order valence-electron chi connectivity index (χ2n) is 1.49. The van der Waals surface area contributed by atoms with Gasteiger partial charge < -0.3 is 9.68 Å². The molecule has 8 heavy (non-hydrogen) atoms. The molecule has 0 saturated carbocycles. The van der Waals surface area contributed by atoms with Gasteiger partial charge in [-0.1, -0.05) is 0 Å². The van der Waals surface area contributed by atoms with Gasteiger partial charge in [0.25, 0.3) is 0 Å². The van der Waals surface area contributed by atoms with Gasteiger partial charge >= 0.3 is 0 Å². The largest absolute Gasteiger partial charge is 0.341 e. The standard InChI is InChI=1S/C4H7NO2S/c6-3-5-1-2-8(7)4-5/h1,4,6H,2-3H2. The zero-order valence-electron chi connectivity index (χ0n) is 4.28. The fraction of sp³-hybridized carbons (Fsp3) is 0.500. The first-order chi connectivity index (χ1) is 3.83. The smallest absolute Gasteiger partial charge is 0.219 e. The van der Waals surface area contributed by atoms with Crippen LogP contribution in [0.5, 0.6) is 0 Å². The summed E-state index contributed by atoms with van der Waals surface area (Å²) >= 11 is 0. The van der Waals surface area contributed by atoms with Crippen LogP contribution < -0.4 is 0 Å². The molecule has 3 nitrogen and oxygen atoms in total. The lowest BCUT2D eigenvalue weighted by molar-refractivity contribution is -0.516. The van der Waals surface area contributed by atoms with Gasteiger partial charge in [-0.25, -0.2) is 0 Å². The molecule has 0 aromatic carbocycles. The average Bonchev–Trinajstić information content (AvgIpc) is 2.14. The van der Waals surface area contributed by atoms with Gasteiger partial charge in [-0.15, -0.1) is 0 Å². The lowest BCUT2D eigenvalue weighted by Crippen LogP contribution is -2.05. The van der Waals surface area contributed by atoms with E-state index in [-0.39, 0.29) is 6.73 Å². The van der Waals surface area contributed by atoms with E-state index < -0.39 is 10.8 Å². The van der Waals surface area contributed by atoms with Crippen molar-refractivity contribution in [3.63, 3.8) is 0 Å². The fourth-order valence-electron chi connectivity index (χ4n) is 0.497. The SMILES string of the molecule is O=S1C=[N+](CO)[CH-]C1. The van der Waals surface area contributed by atoms with Crippen molar-refractivity contribution < 1.29 is 13.9 Å². The van der Waals surface area contributed by atoms with Gasteiger partial charge in [0.15, 0.2) is 0 Å². The highest BCUT2D eigenvalue weighted by Crippen LogP contribution is 1.93. The molecule has 0 aromatic rings. The number of hydrogen-bond acceptors (Lipinski definition) is 2. The highest BCUT2D eigenvalue weighted by molar-refractivity contribution is 7.98. The molecule has 4 heteroatoms. The summed E-state index contributed by atoms with van der Waals surface area (Å²) in [4.78, 5) is 0. The van der Waals surface area contributed by atoms with E-state index in [1.807, 2.05) is 0 Å². The molecule has 1 aliphatic rings. The number of rotatable bonds is 1. The molecule has 1 atom stereocenters. The predicted molar refractivity (Wildman–Crippen MR) is 30.7 cm³/mol. The number of aliphatic hydroxyl groups excluding tert-OH is 1. The summed E-state index contributed by atoms with van der Waals surface area (Å²) in [6.45, 7) is 1.64. The van der Waals surface area contributed by atoms with Crippen LogP contribution in [0.2, 0.25) is 0 Å². The van der Waals surface area contributed by atoms with Gasteiger partial charge in [-0.3, -0.25) is 4.21 Å². The van der Waals surface area contributed by atoms with Crippen LogP contribution in [0.15, 0.2) is 0 Å². The van der Waals surface area contributed by atoms with E-state index in [1.54, 1.807) is 6.54 Å². The molecule has 0 radical (unpaired) electrons. The molecular weight excluding hydrogens is 126 g/mol. The summed E-state index contributed by atoms with van der Waals surface area (Å²) in [5.41, 5.74) is 1.50. The van der Waals surface area contributed by atoms with Crippen molar-refractivity contribution in [1.82, 2.24) is 0 Å². The summed E-state index contributed by atoms with van der Waals surface area (Å²) in [5.74, 6) is 0.542. The van der Waals surface area contributed by atoms with Gasteiger partial charge in [0.2, 0.25) is 6.73 Å². The molecule has 0 bridgehead atoms. The van der Waals surface area contributed by atoms with Crippen LogP contribution >= 0.6 is 0 Å². The third-order valence-corrected chi connectivity index (χ3v) is 1.87. The Kier molecular flexibility index (Phi) is 1.65. The molecule has 1 rings (SSSR count). The van der Waals surface area contributed by atoms with Crippen molar-refractivity contribution in [1.29, 1.82) is 0 Å². The molecule has 1 aliphatic heterocycles. The molecule has 0 saturated heterocycles. The van der Waals surface area contributed by atoms with E-state index in [0.29, 0.717) is 5.75 Å². The van der Waals surface area contributed by atoms with E-state index in [9.17, 15) is 4.21 Å². The maximum absolute atomic E-state index is 10.5. The van der Waals surface area contributed by atoms with Crippen LogP contribution in [-0.4, -0.2) is 31.9 Å². The predicted octanol–water partition coefficient (Wildman–Crippen LogP) is -1.10. The minimum Gasteiger partial charge on any atom is -0.341 e. The van der Waals surface area contributed by atoms with Crippen molar-refractivity contribution in [2.24, 2.45) is 0 Å². The van der Waals surface area contributed by atoms with Crippen LogP contribution in [-0.2, 0) is 10.8 Å². The third kappa shape index (κ3) is 1.08. The molecule has 1 N–H and O–H groups in total. The van der Waals surface area contributed by atoms with Crippen molar-refractivity contribution in [2.45, 2.75) is 0 Å². The maximum Gasteiger partial charge on any atom is 0.219 e. The first-order valence-corrected chi connectivity index (χ1v) is 3.63. The topological polar surface area (TPSA) is 40.3 Å². The van der Waals surface area contributed by atoms with Gasteiger partial charge in [-0.2, -0.15) is 0 Å². The molecule has 0 fully saturated rings. The van der Waals surface area contributed by atoms with Crippen molar-refractivity contribution in [3.8, 4) is 0 Å². The molecule has 0 amide bonds. The molecule has 1 unspecified atom stereocenters. The Balaban J connectivity index is 2.57. The minimum absolute atomic E-state index is 0.0637. The van der Waals surface area contributed by atoms with Crippen LogP contribution in [0.4, 0.5) is 0 Å². The van der Waals surface area contributed by atoms with Crippen LogP contribution in [0.3, 0.4) is 0 Å². The number of aliphatic hydroxyl groups is 1. The van der Waals surface area contributed by atoms with Crippen molar-refractivity contribution in [3.05, 3.63) is 6.54 Å². The van der Waals surface area contributed by atoms with Gasteiger partial charge in [0, 0.05) is 23.1 Å². The zero-order chi connectivity index (χ0) is 5.98. The fourth-order valence-corrected chi connectivity index (χ4v) is 1.38. The highest BCUT2D eigenvalue weighted by atomic mass is 32.2. The molecule has 46 valence electrons. The van der Waals surface area contributed by atoms with E-state index in [4.69, 9.17) is 5.11 Å². The number of hydrogen-bond donors (Lipinski definition) is 1. The first kappa shape index (κ1) is 5.78. The lowest BCUT2D eigenvalue weighted by atomic mass is 10.7. The Morgan fingerprint density at radius 1 is 2.00 bits per heavy atom. The summed E-state index contributed by atoms with van der Waals surface area (Å²) in [7, 11) is -0.867. The molecule has 0 aromatic heterocycles. The quantitative estimate of drug-likeness (QED) is 0.364. The van der Waals surface area contributed by atoms with Gasteiger partial charge in [0.1, 0.15) is 0 Å². The van der Waals surface area contributed by atoms with Crippen LogP contribution in [0.25, 0.3) is 0 Å². The lowest BCUT2D eigenvalue weighted by Gasteiger charge is -1.93. The maximum atomic E-state index is 10.5. The zero-order valence-corrected chi connectivity index (χ0v) is 5.10.